The van der Waals surface area contributed by atoms with E-state index in [-0.39, 0.29) is 4.90 Å². The van der Waals surface area contributed by atoms with Crippen molar-refractivity contribution >= 4 is 15.5 Å². The Balaban J connectivity index is 2.07. The van der Waals surface area contributed by atoms with E-state index in [0.717, 1.165) is 17.5 Å². The van der Waals surface area contributed by atoms with Crippen LogP contribution in [0.5, 0.6) is 23.0 Å². The molecule has 0 saturated carbocycles. The SMILES string of the molecule is COc1ccc(S(=O)(=O)C=C2NCCc3cc(OC)c(OC)cc32)cc1OC. The summed E-state index contributed by atoms with van der Waals surface area (Å²) in [5.74, 6) is 1.97. The second kappa shape index (κ2) is 8.02. The van der Waals surface area contributed by atoms with Crippen molar-refractivity contribution < 1.29 is 27.4 Å². The molecule has 2 aromatic rings. The van der Waals surface area contributed by atoms with Crippen LogP contribution in [0.1, 0.15) is 11.1 Å². The highest BCUT2D eigenvalue weighted by atomic mass is 32.2. The molecule has 2 aromatic carbocycles. The Labute approximate surface area is 164 Å². The summed E-state index contributed by atoms with van der Waals surface area (Å²) >= 11 is 0. The number of hydrogen-bond donors (Lipinski definition) is 1. The van der Waals surface area contributed by atoms with Crippen LogP contribution in [0.2, 0.25) is 0 Å². The monoisotopic (exact) mass is 405 g/mol. The zero-order valence-corrected chi connectivity index (χ0v) is 17.1. The fourth-order valence-electron chi connectivity index (χ4n) is 3.13. The highest BCUT2D eigenvalue weighted by Gasteiger charge is 2.22. The normalized spacial score (nSPS) is 14.8. The third kappa shape index (κ3) is 3.73. The molecule has 0 bridgehead atoms. The summed E-state index contributed by atoms with van der Waals surface area (Å²) in [5.41, 5.74) is 2.27. The fraction of sp³-hybridized carbons (Fsp3) is 0.300. The molecule has 7 nitrogen and oxygen atoms in total. The van der Waals surface area contributed by atoms with Crippen LogP contribution in [0.4, 0.5) is 0 Å². The molecule has 0 unspecified atom stereocenters. The van der Waals surface area contributed by atoms with Gasteiger partial charge in [-0.15, -0.1) is 0 Å². The summed E-state index contributed by atoms with van der Waals surface area (Å²) in [6.07, 6.45) is 0.753. The van der Waals surface area contributed by atoms with Gasteiger partial charge >= 0.3 is 0 Å². The Morgan fingerprint density at radius 1 is 0.857 bits per heavy atom. The minimum atomic E-state index is -3.73. The third-order valence-electron chi connectivity index (χ3n) is 4.57. The molecule has 0 amide bonds. The van der Waals surface area contributed by atoms with Crippen molar-refractivity contribution in [1.82, 2.24) is 5.32 Å². The summed E-state index contributed by atoms with van der Waals surface area (Å²) < 4.78 is 47.1. The molecule has 1 heterocycles. The molecule has 8 heteroatoms. The molecule has 0 aliphatic carbocycles. The highest BCUT2D eigenvalue weighted by Crippen LogP contribution is 2.36. The Bertz CT molecular complexity index is 1010. The van der Waals surface area contributed by atoms with E-state index in [1.807, 2.05) is 6.07 Å². The number of methoxy groups -OCH3 is 4. The van der Waals surface area contributed by atoms with Crippen molar-refractivity contribution in [2.45, 2.75) is 11.3 Å². The van der Waals surface area contributed by atoms with Crippen molar-refractivity contribution in [2.75, 3.05) is 35.0 Å². The smallest absolute Gasteiger partial charge is 0.201 e. The lowest BCUT2D eigenvalue weighted by molar-refractivity contribution is 0.354. The van der Waals surface area contributed by atoms with E-state index >= 15 is 0 Å². The predicted molar refractivity (Wildman–Crippen MR) is 106 cm³/mol. The van der Waals surface area contributed by atoms with Crippen molar-refractivity contribution in [3.8, 4) is 23.0 Å². The molecule has 1 N–H and O–H groups in total. The second-order valence-corrected chi connectivity index (χ2v) is 7.93. The Kier molecular flexibility index (Phi) is 5.69. The first-order valence-electron chi connectivity index (χ1n) is 8.61. The maximum Gasteiger partial charge on any atom is 0.201 e. The topological polar surface area (TPSA) is 83.1 Å². The Hall–Kier alpha value is -2.87. The van der Waals surface area contributed by atoms with Gasteiger partial charge in [0.05, 0.1) is 44.4 Å². The molecule has 0 saturated heterocycles. The average molecular weight is 405 g/mol. The van der Waals surface area contributed by atoms with Crippen LogP contribution in [0, 0.1) is 0 Å². The van der Waals surface area contributed by atoms with Gasteiger partial charge in [-0.3, -0.25) is 0 Å². The lowest BCUT2D eigenvalue weighted by Gasteiger charge is -2.23. The van der Waals surface area contributed by atoms with Crippen LogP contribution in [0.25, 0.3) is 5.70 Å². The Morgan fingerprint density at radius 3 is 2.11 bits per heavy atom. The van der Waals surface area contributed by atoms with Crippen LogP contribution in [-0.4, -0.2) is 43.4 Å². The van der Waals surface area contributed by atoms with Gasteiger partial charge in [0.15, 0.2) is 23.0 Å². The maximum atomic E-state index is 13.0. The van der Waals surface area contributed by atoms with Gasteiger partial charge in [-0.1, -0.05) is 0 Å². The number of hydrogen-bond acceptors (Lipinski definition) is 7. The first-order chi connectivity index (χ1) is 13.4. The van der Waals surface area contributed by atoms with E-state index in [4.69, 9.17) is 18.9 Å². The standard InChI is InChI=1S/C20H23NO6S/c1-24-17-6-5-14(10-19(17)26-3)28(22,23)12-16-15-11-20(27-4)18(25-2)9-13(15)7-8-21-16/h5-6,9-12,21H,7-8H2,1-4H3. The molecule has 0 fully saturated rings. The van der Waals surface area contributed by atoms with E-state index in [0.29, 0.717) is 35.2 Å². The maximum absolute atomic E-state index is 13.0. The minimum absolute atomic E-state index is 0.118. The van der Waals surface area contributed by atoms with Crippen molar-refractivity contribution in [1.29, 1.82) is 0 Å². The van der Waals surface area contributed by atoms with Gasteiger partial charge in [0.25, 0.3) is 0 Å². The number of benzene rings is 2. The molecule has 28 heavy (non-hydrogen) atoms. The summed E-state index contributed by atoms with van der Waals surface area (Å²) in [6, 6.07) is 8.18. The molecule has 0 aromatic heterocycles. The van der Waals surface area contributed by atoms with Gasteiger partial charge in [0, 0.05) is 18.2 Å². The molecule has 3 rings (SSSR count). The fourth-order valence-corrected chi connectivity index (χ4v) is 4.31. The van der Waals surface area contributed by atoms with Crippen molar-refractivity contribution in [2.24, 2.45) is 0 Å². The molecule has 0 atom stereocenters. The molecule has 150 valence electrons. The van der Waals surface area contributed by atoms with Gasteiger partial charge in [0.1, 0.15) is 0 Å². The molecule has 0 radical (unpaired) electrons. The lowest BCUT2D eigenvalue weighted by Crippen LogP contribution is -2.23. The number of fused-ring (bicyclic) bond motifs is 1. The zero-order chi connectivity index (χ0) is 20.3. The quantitative estimate of drug-likeness (QED) is 0.791. The average Bonchev–Trinajstić information content (AvgIpc) is 2.72. The first kappa shape index (κ1) is 19.9. The first-order valence-corrected chi connectivity index (χ1v) is 10.2. The van der Waals surface area contributed by atoms with E-state index < -0.39 is 9.84 Å². The summed E-state index contributed by atoms with van der Waals surface area (Å²) in [5, 5.41) is 4.41. The highest BCUT2D eigenvalue weighted by molar-refractivity contribution is 7.94. The van der Waals surface area contributed by atoms with E-state index in [1.165, 1.54) is 31.8 Å². The minimum Gasteiger partial charge on any atom is -0.493 e. The van der Waals surface area contributed by atoms with Crippen molar-refractivity contribution in [3.63, 3.8) is 0 Å². The van der Waals surface area contributed by atoms with E-state index in [1.54, 1.807) is 26.4 Å². The van der Waals surface area contributed by atoms with Gasteiger partial charge < -0.3 is 24.3 Å². The third-order valence-corrected chi connectivity index (χ3v) is 6.02. The molecular formula is C20H23NO6S. The van der Waals surface area contributed by atoms with Crippen LogP contribution in [0.15, 0.2) is 40.6 Å². The van der Waals surface area contributed by atoms with Crippen LogP contribution < -0.4 is 24.3 Å². The van der Waals surface area contributed by atoms with Crippen LogP contribution >= 0.6 is 0 Å². The molecule has 0 spiro atoms. The van der Waals surface area contributed by atoms with Gasteiger partial charge in [-0.05, 0) is 36.2 Å². The van der Waals surface area contributed by atoms with E-state index in [9.17, 15) is 8.42 Å². The predicted octanol–water partition coefficient (Wildman–Crippen LogP) is 2.64. The van der Waals surface area contributed by atoms with Crippen LogP contribution in [0.3, 0.4) is 0 Å². The lowest BCUT2D eigenvalue weighted by atomic mass is 9.98. The zero-order valence-electron chi connectivity index (χ0n) is 16.2. The van der Waals surface area contributed by atoms with Gasteiger partial charge in [-0.25, -0.2) is 8.42 Å². The number of nitrogens with one attached hydrogen (secondary N) is 1. The van der Waals surface area contributed by atoms with Gasteiger partial charge in [-0.2, -0.15) is 0 Å². The Morgan fingerprint density at radius 2 is 1.46 bits per heavy atom. The molecular weight excluding hydrogens is 382 g/mol. The van der Waals surface area contributed by atoms with Gasteiger partial charge in [0.2, 0.25) is 9.84 Å². The summed E-state index contributed by atoms with van der Waals surface area (Å²) in [4.78, 5) is 0.118. The molecule has 1 aliphatic heterocycles. The van der Waals surface area contributed by atoms with E-state index in [2.05, 4.69) is 5.32 Å². The second-order valence-electron chi connectivity index (χ2n) is 6.13. The van der Waals surface area contributed by atoms with Crippen molar-refractivity contribution in [3.05, 3.63) is 46.9 Å². The van der Waals surface area contributed by atoms with Crippen LogP contribution in [-0.2, 0) is 16.3 Å². The number of rotatable bonds is 6. The number of ether oxygens (including phenoxy) is 4. The largest absolute Gasteiger partial charge is 0.493 e. The number of sulfone groups is 1. The summed E-state index contributed by atoms with van der Waals surface area (Å²) in [7, 11) is 2.35. The molecule has 1 aliphatic rings. The summed E-state index contributed by atoms with van der Waals surface area (Å²) in [6.45, 7) is 0.621.